The number of benzene rings is 1. The van der Waals surface area contributed by atoms with Crippen molar-refractivity contribution in [1.29, 1.82) is 0 Å². The van der Waals surface area contributed by atoms with Gasteiger partial charge in [0.05, 0.1) is 15.5 Å². The number of carboxylic acids is 1. The molecule has 0 heterocycles. The molecule has 0 atom stereocenters. The molecule has 0 radical (unpaired) electrons. The highest BCUT2D eigenvalue weighted by atomic mass is 35.5. The molecule has 0 bridgehead atoms. The van der Waals surface area contributed by atoms with Crippen LogP contribution in [-0.4, -0.2) is 23.5 Å². The summed E-state index contributed by atoms with van der Waals surface area (Å²) in [6, 6.07) is 5.14. The monoisotopic (exact) mass is 327 g/mol. The normalized spacial score (nSPS) is 16.5. The van der Waals surface area contributed by atoms with E-state index in [1.165, 1.54) is 6.08 Å². The molecule has 0 saturated heterocycles. The van der Waals surface area contributed by atoms with Crippen molar-refractivity contribution in [1.82, 2.24) is 5.32 Å². The largest absolute Gasteiger partial charge is 0.481 e. The van der Waals surface area contributed by atoms with Crippen molar-refractivity contribution in [3.8, 4) is 0 Å². The number of nitrogens with one attached hydrogen (secondary N) is 1. The molecule has 0 spiro atoms. The smallest absolute Gasteiger partial charge is 0.311 e. The predicted octanol–water partition coefficient (Wildman–Crippen LogP) is 3.38. The Morgan fingerprint density at radius 2 is 2.05 bits per heavy atom. The summed E-state index contributed by atoms with van der Waals surface area (Å²) in [7, 11) is 0. The van der Waals surface area contributed by atoms with Gasteiger partial charge in [-0.2, -0.15) is 0 Å². The Morgan fingerprint density at radius 3 is 2.62 bits per heavy atom. The lowest BCUT2D eigenvalue weighted by molar-refractivity contribution is -0.154. The van der Waals surface area contributed by atoms with Crippen molar-refractivity contribution < 1.29 is 14.7 Å². The van der Waals surface area contributed by atoms with Crippen LogP contribution in [0.25, 0.3) is 6.08 Å². The van der Waals surface area contributed by atoms with Gasteiger partial charge in [0.25, 0.3) is 0 Å². The van der Waals surface area contributed by atoms with E-state index in [0.29, 0.717) is 28.5 Å². The zero-order chi connectivity index (χ0) is 15.5. The van der Waals surface area contributed by atoms with Crippen LogP contribution in [0.3, 0.4) is 0 Å². The van der Waals surface area contributed by atoms with Crippen LogP contribution in [0.2, 0.25) is 10.0 Å². The average Bonchev–Trinajstić information content (AvgIpc) is 2.39. The van der Waals surface area contributed by atoms with Crippen molar-refractivity contribution in [2.24, 2.45) is 5.41 Å². The molecule has 1 fully saturated rings. The van der Waals surface area contributed by atoms with Crippen LogP contribution in [0, 0.1) is 5.41 Å². The van der Waals surface area contributed by atoms with E-state index in [9.17, 15) is 14.7 Å². The predicted molar refractivity (Wildman–Crippen MR) is 82.4 cm³/mol. The summed E-state index contributed by atoms with van der Waals surface area (Å²) >= 11 is 11.9. The molecular weight excluding hydrogens is 313 g/mol. The number of rotatable bonds is 5. The zero-order valence-electron chi connectivity index (χ0n) is 11.2. The molecule has 4 nitrogen and oxygen atoms in total. The molecule has 1 amide bonds. The Bertz CT molecular complexity index is 595. The van der Waals surface area contributed by atoms with Gasteiger partial charge in [-0.1, -0.05) is 41.8 Å². The maximum Gasteiger partial charge on any atom is 0.311 e. The highest BCUT2D eigenvalue weighted by Gasteiger charge is 2.44. The number of carbonyl (C=O) groups excluding carboxylic acids is 1. The van der Waals surface area contributed by atoms with Crippen molar-refractivity contribution in [3.05, 3.63) is 39.9 Å². The second-order valence-electron chi connectivity index (χ2n) is 5.13. The van der Waals surface area contributed by atoms with Crippen LogP contribution in [0.1, 0.15) is 24.8 Å². The highest BCUT2D eigenvalue weighted by Crippen LogP contribution is 2.40. The molecule has 1 aliphatic carbocycles. The molecule has 1 saturated carbocycles. The molecule has 2 N–H and O–H groups in total. The summed E-state index contributed by atoms with van der Waals surface area (Å²) in [5.41, 5.74) is -0.159. The summed E-state index contributed by atoms with van der Waals surface area (Å²) in [6.07, 6.45) is 4.97. The summed E-state index contributed by atoms with van der Waals surface area (Å²) < 4.78 is 0. The van der Waals surface area contributed by atoms with E-state index in [2.05, 4.69) is 5.32 Å². The molecule has 0 aromatic heterocycles. The molecule has 1 aliphatic rings. The molecule has 6 heteroatoms. The van der Waals surface area contributed by atoms with Crippen LogP contribution in [0.4, 0.5) is 0 Å². The third-order valence-electron chi connectivity index (χ3n) is 3.76. The summed E-state index contributed by atoms with van der Waals surface area (Å²) in [4.78, 5) is 22.9. The number of aliphatic carboxylic acids is 1. The third-order valence-corrected chi connectivity index (χ3v) is 4.59. The SMILES string of the molecule is O=C(/C=C/c1cccc(Cl)c1Cl)NCC1(C(=O)O)CCC1. The lowest BCUT2D eigenvalue weighted by Crippen LogP contribution is -2.47. The second-order valence-corrected chi connectivity index (χ2v) is 5.92. The standard InChI is InChI=1S/C15H15Cl2NO3/c16-11-4-1-3-10(13(11)17)5-6-12(19)18-9-15(14(20)21)7-2-8-15/h1,3-6H,2,7-9H2,(H,18,19)(H,20,21)/b6-5+. The Labute approximate surface area is 132 Å². The molecule has 2 rings (SSSR count). The van der Waals surface area contributed by atoms with Gasteiger partial charge in [-0.25, -0.2) is 0 Å². The fourth-order valence-corrected chi connectivity index (χ4v) is 2.57. The van der Waals surface area contributed by atoms with E-state index in [-0.39, 0.29) is 12.5 Å². The molecule has 1 aromatic carbocycles. The van der Waals surface area contributed by atoms with Crippen molar-refractivity contribution >= 4 is 41.2 Å². The number of carboxylic acid groups (broad SMARTS) is 1. The first kappa shape index (κ1) is 15.9. The van der Waals surface area contributed by atoms with Crippen molar-refractivity contribution in [2.45, 2.75) is 19.3 Å². The summed E-state index contributed by atoms with van der Waals surface area (Å²) in [5.74, 6) is -1.20. The minimum Gasteiger partial charge on any atom is -0.481 e. The van der Waals surface area contributed by atoms with Crippen molar-refractivity contribution in [2.75, 3.05) is 6.54 Å². The van der Waals surface area contributed by atoms with Crippen LogP contribution < -0.4 is 5.32 Å². The molecule has 21 heavy (non-hydrogen) atoms. The van der Waals surface area contributed by atoms with Gasteiger partial charge in [0.15, 0.2) is 0 Å². The number of carbonyl (C=O) groups is 2. The average molecular weight is 328 g/mol. The van der Waals surface area contributed by atoms with Crippen LogP contribution in [-0.2, 0) is 9.59 Å². The Morgan fingerprint density at radius 1 is 1.33 bits per heavy atom. The van der Waals surface area contributed by atoms with Crippen LogP contribution in [0.15, 0.2) is 24.3 Å². The summed E-state index contributed by atoms with van der Waals surface area (Å²) in [5, 5.41) is 12.6. The maximum absolute atomic E-state index is 11.8. The van der Waals surface area contributed by atoms with Gasteiger partial charge in [0, 0.05) is 12.6 Å². The van der Waals surface area contributed by atoms with Gasteiger partial charge < -0.3 is 10.4 Å². The molecule has 112 valence electrons. The van der Waals surface area contributed by atoms with Crippen LogP contribution >= 0.6 is 23.2 Å². The van der Waals surface area contributed by atoms with E-state index >= 15 is 0 Å². The van der Waals surface area contributed by atoms with Gasteiger partial charge in [-0.05, 0) is 30.5 Å². The van der Waals surface area contributed by atoms with Gasteiger partial charge in [-0.3, -0.25) is 9.59 Å². The Kier molecular flexibility index (Phi) is 4.91. The minimum absolute atomic E-state index is 0.148. The molecule has 1 aromatic rings. The molecule has 0 aliphatic heterocycles. The third kappa shape index (κ3) is 3.57. The number of amides is 1. The van der Waals surface area contributed by atoms with Gasteiger partial charge >= 0.3 is 5.97 Å². The van der Waals surface area contributed by atoms with E-state index in [0.717, 1.165) is 6.42 Å². The first-order valence-corrected chi connectivity index (χ1v) is 7.33. The van der Waals surface area contributed by atoms with E-state index in [1.807, 2.05) is 0 Å². The first-order chi connectivity index (χ1) is 9.94. The van der Waals surface area contributed by atoms with E-state index < -0.39 is 11.4 Å². The van der Waals surface area contributed by atoms with E-state index in [4.69, 9.17) is 23.2 Å². The number of hydrogen-bond donors (Lipinski definition) is 2. The quantitative estimate of drug-likeness (QED) is 0.815. The fraction of sp³-hybridized carbons (Fsp3) is 0.333. The van der Waals surface area contributed by atoms with Gasteiger partial charge in [0.1, 0.15) is 0 Å². The Balaban J connectivity index is 1.94. The topological polar surface area (TPSA) is 66.4 Å². The van der Waals surface area contributed by atoms with Gasteiger partial charge in [0.2, 0.25) is 5.91 Å². The maximum atomic E-state index is 11.8. The van der Waals surface area contributed by atoms with Crippen LogP contribution in [0.5, 0.6) is 0 Å². The highest BCUT2D eigenvalue weighted by molar-refractivity contribution is 6.42. The minimum atomic E-state index is -0.851. The van der Waals surface area contributed by atoms with Gasteiger partial charge in [-0.15, -0.1) is 0 Å². The lowest BCUT2D eigenvalue weighted by atomic mass is 9.69. The van der Waals surface area contributed by atoms with E-state index in [1.54, 1.807) is 24.3 Å². The lowest BCUT2D eigenvalue weighted by Gasteiger charge is -2.37. The summed E-state index contributed by atoms with van der Waals surface area (Å²) in [6.45, 7) is 0.148. The zero-order valence-corrected chi connectivity index (χ0v) is 12.7. The molecular formula is C15H15Cl2NO3. The number of hydrogen-bond acceptors (Lipinski definition) is 2. The Hall–Kier alpha value is -1.52. The van der Waals surface area contributed by atoms with Crippen molar-refractivity contribution in [3.63, 3.8) is 0 Å². The number of halogens is 2. The first-order valence-electron chi connectivity index (χ1n) is 6.58. The fourth-order valence-electron chi connectivity index (χ4n) is 2.20. The second kappa shape index (κ2) is 6.50. The molecule has 0 unspecified atom stereocenters.